The van der Waals surface area contributed by atoms with E-state index in [1.807, 2.05) is 0 Å². The van der Waals surface area contributed by atoms with Gasteiger partial charge in [-0.15, -0.1) is 0 Å². The van der Waals surface area contributed by atoms with Crippen molar-refractivity contribution in [3.8, 4) is 0 Å². The molecule has 4 nitrogen and oxygen atoms in total. The molecule has 10 heteroatoms. The van der Waals surface area contributed by atoms with Crippen molar-refractivity contribution < 1.29 is 19.2 Å². The van der Waals surface area contributed by atoms with Crippen LogP contribution in [0, 0.1) is 47.3 Å². The van der Waals surface area contributed by atoms with Gasteiger partial charge in [-0.05, 0) is 51.4 Å². The predicted octanol–water partition coefficient (Wildman–Crippen LogP) is 9.11. The highest BCUT2D eigenvalue weighted by molar-refractivity contribution is 9.26. The maximum absolute atomic E-state index is 11.4. The molecule has 0 aromatic heterocycles. The second kappa shape index (κ2) is 13.7. The molecule has 8 aliphatic rings. The van der Waals surface area contributed by atoms with Gasteiger partial charge in [0.15, 0.2) is 23.1 Å². The average molecular weight is 962 g/mol. The Hall–Kier alpha value is 0.520. The van der Waals surface area contributed by atoms with Crippen LogP contribution in [0.4, 0.5) is 0 Å². The summed E-state index contributed by atoms with van der Waals surface area (Å²) in [5.41, 5.74) is 0. The average Bonchev–Trinajstić information content (AvgIpc) is 3.04. The molecule has 228 valence electrons. The first-order valence-corrected chi connectivity index (χ1v) is 19.8. The number of Topliss-reactive ketones (excluding diaryl/α,β-unsaturated/α-hetero) is 4. The van der Waals surface area contributed by atoms with Gasteiger partial charge in [-0.3, -0.25) is 19.2 Å². The van der Waals surface area contributed by atoms with Crippen LogP contribution in [0.25, 0.3) is 0 Å². The van der Waals surface area contributed by atoms with E-state index in [4.69, 9.17) is 0 Å². The highest BCUT2D eigenvalue weighted by atomic mass is 79.9. The van der Waals surface area contributed by atoms with Crippen LogP contribution >= 0.6 is 95.6 Å². The van der Waals surface area contributed by atoms with Crippen LogP contribution in [0.2, 0.25) is 0 Å². The van der Waals surface area contributed by atoms with Gasteiger partial charge in [-0.2, -0.15) is 0 Å². The van der Waals surface area contributed by atoms with Gasteiger partial charge in [0.25, 0.3) is 0 Å². The van der Waals surface area contributed by atoms with Gasteiger partial charge < -0.3 is 0 Å². The predicted molar refractivity (Wildman–Crippen MR) is 188 cm³/mol. The summed E-state index contributed by atoms with van der Waals surface area (Å²) in [5, 5.41) is 0. The Balaban J connectivity index is 0.000000112. The largest absolute Gasteiger partial charge is 0.298 e. The number of carbonyl (C=O) groups is 4. The Kier molecular flexibility index (Phi) is 11.1. The SMILES string of the molecule is O=C1C(Br)[C@@H]2C=CCC[C@H]12.O=C1C(Br)[C@H]2C=CCC[C@@H]12.O=C1[C@@H]2CCC=C[C@@H]2C1(Br)Br.O=C1[C@H]2CCC=C[C@H]2C1(Br)Br. The van der Waals surface area contributed by atoms with Crippen molar-refractivity contribution in [2.75, 3.05) is 0 Å². The zero-order valence-electron chi connectivity index (χ0n) is 22.9. The van der Waals surface area contributed by atoms with E-state index in [1.165, 1.54) is 0 Å². The summed E-state index contributed by atoms with van der Waals surface area (Å²) in [5.74, 6) is 4.50. The van der Waals surface area contributed by atoms with E-state index in [1.54, 1.807) is 0 Å². The fraction of sp³-hybridized carbons (Fsp3) is 0.625. The molecule has 10 atom stereocenters. The first-order valence-electron chi connectivity index (χ1n) is 14.8. The standard InChI is InChI=1S/2C8H8Br2O.2C8H9BrO/c2*9-8(10)6-4-2-1-3-5(6)7(8)11;2*9-7-5-3-1-2-4-6(5)8(7)10/h2*2,4-6H,1,3H2;2*1,3,5-7H,2,4H2/t2*5-,6+;2*5-,6+,7?/m1010/s1. The number of halogens is 6. The molecule has 0 spiro atoms. The topological polar surface area (TPSA) is 68.3 Å². The van der Waals surface area contributed by atoms with Crippen molar-refractivity contribution >= 4 is 119 Å². The molecule has 8 aliphatic carbocycles. The number of hydrogen-bond acceptors (Lipinski definition) is 4. The summed E-state index contributed by atoms with van der Waals surface area (Å²) in [6, 6.07) is 0. The van der Waals surface area contributed by atoms with E-state index >= 15 is 0 Å². The zero-order valence-corrected chi connectivity index (χ0v) is 32.5. The quantitative estimate of drug-likeness (QED) is 0.180. The van der Waals surface area contributed by atoms with Gasteiger partial charge >= 0.3 is 0 Å². The van der Waals surface area contributed by atoms with E-state index in [-0.39, 0.29) is 21.5 Å². The number of ketones is 4. The Labute approximate surface area is 298 Å². The lowest BCUT2D eigenvalue weighted by Gasteiger charge is -2.46. The minimum atomic E-state index is -0.429. The van der Waals surface area contributed by atoms with Crippen molar-refractivity contribution in [3.05, 3.63) is 48.6 Å². The van der Waals surface area contributed by atoms with Crippen molar-refractivity contribution in [3.63, 3.8) is 0 Å². The van der Waals surface area contributed by atoms with Crippen molar-refractivity contribution in [1.82, 2.24) is 0 Å². The maximum atomic E-state index is 11.4. The van der Waals surface area contributed by atoms with Gasteiger partial charge in [0.05, 0.1) is 9.65 Å². The summed E-state index contributed by atoms with van der Waals surface area (Å²) >= 11 is 20.3. The molecule has 2 unspecified atom stereocenters. The zero-order chi connectivity index (χ0) is 30.4. The number of carbonyl (C=O) groups excluding carboxylic acids is 4. The highest BCUT2D eigenvalue weighted by Gasteiger charge is 2.59. The van der Waals surface area contributed by atoms with Crippen LogP contribution in [0.15, 0.2) is 48.6 Å². The minimum absolute atomic E-state index is 0.133. The third kappa shape index (κ3) is 6.26. The van der Waals surface area contributed by atoms with Gasteiger partial charge in [0.2, 0.25) is 0 Å². The van der Waals surface area contributed by atoms with Crippen LogP contribution in [0.5, 0.6) is 0 Å². The summed E-state index contributed by atoms with van der Waals surface area (Å²) in [6.07, 6.45) is 25.8. The number of fused-ring (bicyclic) bond motifs is 4. The molecular formula is C32H34Br6O4. The Morgan fingerprint density at radius 1 is 0.500 bits per heavy atom. The van der Waals surface area contributed by atoms with Crippen LogP contribution in [0.3, 0.4) is 0 Å². The molecule has 8 rings (SSSR count). The molecular weight excluding hydrogens is 928 g/mol. The fourth-order valence-electron chi connectivity index (χ4n) is 7.16. The normalized spacial score (nSPS) is 42.0. The van der Waals surface area contributed by atoms with E-state index in [9.17, 15) is 19.2 Å². The molecule has 0 N–H and O–H groups in total. The Morgan fingerprint density at radius 3 is 1.12 bits per heavy atom. The highest BCUT2D eigenvalue weighted by Crippen LogP contribution is 2.56. The smallest absolute Gasteiger partial charge is 0.164 e. The lowest BCUT2D eigenvalue weighted by Crippen LogP contribution is -2.55. The molecule has 0 heterocycles. The monoisotopic (exact) mass is 956 g/mol. The van der Waals surface area contributed by atoms with Crippen molar-refractivity contribution in [1.29, 1.82) is 0 Å². The Bertz CT molecular complexity index is 1140. The second-order valence-electron chi connectivity index (χ2n) is 12.2. The van der Waals surface area contributed by atoms with Gasteiger partial charge in [-0.1, -0.05) is 144 Å². The molecule has 42 heavy (non-hydrogen) atoms. The number of rotatable bonds is 0. The van der Waals surface area contributed by atoms with Crippen LogP contribution in [-0.4, -0.2) is 39.3 Å². The molecule has 0 amide bonds. The number of hydrogen-bond donors (Lipinski definition) is 0. The molecule has 0 aliphatic heterocycles. The number of allylic oxidation sites excluding steroid dienone is 8. The third-order valence-electron chi connectivity index (χ3n) is 9.90. The Morgan fingerprint density at radius 2 is 0.810 bits per heavy atom. The molecule has 0 saturated heterocycles. The van der Waals surface area contributed by atoms with E-state index in [2.05, 4.69) is 144 Å². The summed E-state index contributed by atoms with van der Waals surface area (Å²) in [6.45, 7) is 0. The van der Waals surface area contributed by atoms with Crippen molar-refractivity contribution in [2.45, 2.75) is 67.5 Å². The molecule has 4 fully saturated rings. The van der Waals surface area contributed by atoms with Gasteiger partial charge in [0, 0.05) is 47.3 Å². The second-order valence-corrected chi connectivity index (χ2v) is 21.3. The molecule has 0 aromatic carbocycles. The first-order chi connectivity index (χ1) is 19.9. The van der Waals surface area contributed by atoms with Crippen molar-refractivity contribution in [2.24, 2.45) is 47.3 Å². The van der Waals surface area contributed by atoms with E-state index < -0.39 is 6.47 Å². The molecule has 0 aromatic rings. The third-order valence-corrected chi connectivity index (χ3v) is 15.7. The van der Waals surface area contributed by atoms with Gasteiger partial charge in [0.1, 0.15) is 6.47 Å². The molecule has 4 saturated carbocycles. The van der Waals surface area contributed by atoms with Gasteiger partial charge in [-0.25, -0.2) is 0 Å². The minimum Gasteiger partial charge on any atom is -0.298 e. The van der Waals surface area contributed by atoms with Crippen LogP contribution in [-0.2, 0) is 19.2 Å². The number of alkyl halides is 6. The van der Waals surface area contributed by atoms with E-state index in [0.29, 0.717) is 58.6 Å². The first kappa shape index (κ1) is 33.9. The molecule has 0 radical (unpaired) electrons. The van der Waals surface area contributed by atoms with Crippen LogP contribution in [0.1, 0.15) is 51.4 Å². The summed E-state index contributed by atoms with van der Waals surface area (Å²) in [4.78, 5) is 45.3. The summed E-state index contributed by atoms with van der Waals surface area (Å²) in [7, 11) is 0. The summed E-state index contributed by atoms with van der Waals surface area (Å²) < 4.78 is -0.858. The maximum Gasteiger partial charge on any atom is 0.164 e. The van der Waals surface area contributed by atoms with E-state index in [0.717, 1.165) is 51.4 Å². The van der Waals surface area contributed by atoms with Crippen LogP contribution < -0.4 is 0 Å². The lowest BCUT2D eigenvalue weighted by atomic mass is 9.67. The fourth-order valence-corrected chi connectivity index (χ4v) is 12.0. The lowest BCUT2D eigenvalue weighted by molar-refractivity contribution is -0.133. The molecule has 0 bridgehead atoms.